The molecule has 0 fully saturated rings. The molecule has 0 aliphatic heterocycles. The highest BCUT2D eigenvalue weighted by Gasteiger charge is 2.26. The van der Waals surface area contributed by atoms with Gasteiger partial charge in [-0.3, -0.25) is 4.79 Å². The minimum absolute atomic E-state index is 0.0537. The van der Waals surface area contributed by atoms with Gasteiger partial charge in [-0.15, -0.1) is 0 Å². The zero-order valence-corrected chi connectivity index (χ0v) is 16.1. The zero-order chi connectivity index (χ0) is 19.3. The Labute approximate surface area is 162 Å². The van der Waals surface area contributed by atoms with Crippen molar-refractivity contribution in [3.8, 4) is 6.07 Å². The number of para-hydroxylation sites is 1. The van der Waals surface area contributed by atoms with Gasteiger partial charge in [0.1, 0.15) is 0 Å². The number of carbonyl (C=O) groups is 1. The van der Waals surface area contributed by atoms with Crippen LogP contribution in [-0.4, -0.2) is 31.7 Å². The Morgan fingerprint density at radius 2 is 1.81 bits per heavy atom. The van der Waals surface area contributed by atoms with Crippen molar-refractivity contribution in [3.63, 3.8) is 0 Å². The second kappa shape index (κ2) is 8.52. The van der Waals surface area contributed by atoms with Crippen LogP contribution in [0.15, 0.2) is 47.4 Å². The van der Waals surface area contributed by atoms with Crippen LogP contribution >= 0.6 is 23.2 Å². The topological polar surface area (TPSA) is 90.3 Å². The number of carbonyl (C=O) groups excluding carboxylic acids is 1. The second-order valence-electron chi connectivity index (χ2n) is 5.22. The van der Waals surface area contributed by atoms with Crippen molar-refractivity contribution in [3.05, 3.63) is 58.1 Å². The molecule has 0 spiro atoms. The van der Waals surface area contributed by atoms with Gasteiger partial charge < -0.3 is 5.32 Å². The van der Waals surface area contributed by atoms with Gasteiger partial charge in [0.05, 0.1) is 38.8 Å². The first-order valence-corrected chi connectivity index (χ1v) is 9.73. The number of benzene rings is 2. The van der Waals surface area contributed by atoms with Gasteiger partial charge in [-0.25, -0.2) is 8.42 Å². The first-order valence-electron chi connectivity index (χ1n) is 7.53. The Morgan fingerprint density at radius 3 is 2.38 bits per heavy atom. The predicted molar refractivity (Wildman–Crippen MR) is 101 cm³/mol. The number of nitriles is 1. The van der Waals surface area contributed by atoms with E-state index in [1.807, 2.05) is 6.07 Å². The average molecular weight is 412 g/mol. The van der Waals surface area contributed by atoms with Gasteiger partial charge in [0.2, 0.25) is 15.9 Å². The van der Waals surface area contributed by atoms with Gasteiger partial charge in [0.25, 0.3) is 0 Å². The Kier molecular flexibility index (Phi) is 6.62. The standard InChI is InChI=1S/C17H15Cl2N3O3S/c1-2-22(26(24,25)13-6-3-5-12(9-13)10-20)11-16(23)21-17-14(18)7-4-8-15(17)19/h3-9H,2,11H2,1H3,(H,21,23). The molecule has 0 aliphatic rings. The third-order valence-corrected chi connectivity index (χ3v) is 6.05. The molecule has 0 aliphatic carbocycles. The highest BCUT2D eigenvalue weighted by atomic mass is 35.5. The maximum Gasteiger partial charge on any atom is 0.243 e. The summed E-state index contributed by atoms with van der Waals surface area (Å²) in [6.07, 6.45) is 0. The number of likely N-dealkylation sites (N-methyl/N-ethyl adjacent to an activating group) is 1. The van der Waals surface area contributed by atoms with Crippen LogP contribution in [0.5, 0.6) is 0 Å². The number of rotatable bonds is 6. The molecule has 0 unspecified atom stereocenters. The van der Waals surface area contributed by atoms with Crippen molar-refractivity contribution in [2.75, 3.05) is 18.4 Å². The van der Waals surface area contributed by atoms with Gasteiger partial charge in [0.15, 0.2) is 0 Å². The van der Waals surface area contributed by atoms with Crippen molar-refractivity contribution in [2.45, 2.75) is 11.8 Å². The Balaban J connectivity index is 2.22. The molecular weight excluding hydrogens is 397 g/mol. The minimum Gasteiger partial charge on any atom is -0.322 e. The van der Waals surface area contributed by atoms with Crippen LogP contribution in [0.25, 0.3) is 0 Å². The number of nitrogens with one attached hydrogen (secondary N) is 1. The average Bonchev–Trinajstić information content (AvgIpc) is 2.62. The molecule has 0 atom stereocenters. The van der Waals surface area contributed by atoms with Crippen LogP contribution in [0, 0.1) is 11.3 Å². The summed E-state index contributed by atoms with van der Waals surface area (Å²) in [5, 5.41) is 12.0. The molecule has 1 N–H and O–H groups in total. The van der Waals surface area contributed by atoms with E-state index < -0.39 is 22.5 Å². The number of hydrogen-bond donors (Lipinski definition) is 1. The van der Waals surface area contributed by atoms with E-state index in [4.69, 9.17) is 28.5 Å². The van der Waals surface area contributed by atoms with E-state index in [-0.39, 0.29) is 32.7 Å². The molecule has 0 aromatic heterocycles. The number of hydrogen-bond acceptors (Lipinski definition) is 4. The lowest BCUT2D eigenvalue weighted by Crippen LogP contribution is -2.37. The summed E-state index contributed by atoms with van der Waals surface area (Å²) >= 11 is 12.0. The van der Waals surface area contributed by atoms with Crippen molar-refractivity contribution in [1.82, 2.24) is 4.31 Å². The number of halogens is 2. The Morgan fingerprint density at radius 1 is 1.19 bits per heavy atom. The fourth-order valence-electron chi connectivity index (χ4n) is 2.20. The van der Waals surface area contributed by atoms with E-state index in [1.54, 1.807) is 25.1 Å². The third-order valence-electron chi connectivity index (χ3n) is 3.50. The zero-order valence-electron chi connectivity index (χ0n) is 13.7. The lowest BCUT2D eigenvalue weighted by Gasteiger charge is -2.20. The van der Waals surface area contributed by atoms with Gasteiger partial charge in [-0.1, -0.05) is 42.3 Å². The van der Waals surface area contributed by atoms with E-state index in [9.17, 15) is 13.2 Å². The number of amides is 1. The van der Waals surface area contributed by atoms with Gasteiger partial charge in [-0.05, 0) is 30.3 Å². The summed E-state index contributed by atoms with van der Waals surface area (Å²) in [5.74, 6) is -0.582. The SMILES string of the molecule is CCN(CC(=O)Nc1c(Cl)cccc1Cl)S(=O)(=O)c1cccc(C#N)c1. The summed E-state index contributed by atoms with van der Waals surface area (Å²) in [6.45, 7) is 1.27. The van der Waals surface area contributed by atoms with Gasteiger partial charge >= 0.3 is 0 Å². The molecule has 1 amide bonds. The van der Waals surface area contributed by atoms with Gasteiger partial charge in [-0.2, -0.15) is 9.57 Å². The maximum absolute atomic E-state index is 12.7. The van der Waals surface area contributed by atoms with Crippen molar-refractivity contribution >= 4 is 44.8 Å². The monoisotopic (exact) mass is 411 g/mol. The molecule has 6 nitrogen and oxygen atoms in total. The quantitative estimate of drug-likeness (QED) is 0.786. The first kappa shape index (κ1) is 20.2. The number of sulfonamides is 1. The third kappa shape index (κ3) is 4.54. The predicted octanol–water partition coefficient (Wildman–Crippen LogP) is 3.51. The molecule has 9 heteroatoms. The molecule has 2 aromatic rings. The molecule has 26 heavy (non-hydrogen) atoms. The van der Waals surface area contributed by atoms with Crippen LogP contribution < -0.4 is 5.32 Å². The summed E-state index contributed by atoms with van der Waals surface area (Å²) in [7, 11) is -3.94. The molecule has 0 saturated heterocycles. The molecule has 0 heterocycles. The molecule has 0 bridgehead atoms. The summed E-state index contributed by atoms with van der Waals surface area (Å²) in [6, 6.07) is 12.3. The van der Waals surface area contributed by atoms with E-state index >= 15 is 0 Å². The lowest BCUT2D eigenvalue weighted by atomic mass is 10.2. The molecule has 0 saturated carbocycles. The minimum atomic E-state index is -3.94. The smallest absolute Gasteiger partial charge is 0.243 e. The molecule has 2 aromatic carbocycles. The van der Waals surface area contributed by atoms with Crippen molar-refractivity contribution < 1.29 is 13.2 Å². The number of anilines is 1. The number of nitrogens with zero attached hydrogens (tertiary/aromatic N) is 2. The normalized spacial score (nSPS) is 11.2. The van der Waals surface area contributed by atoms with E-state index in [2.05, 4.69) is 5.32 Å². The largest absolute Gasteiger partial charge is 0.322 e. The van der Waals surface area contributed by atoms with Crippen LogP contribution in [0.3, 0.4) is 0 Å². The van der Waals surface area contributed by atoms with E-state index in [0.717, 1.165) is 4.31 Å². The Bertz CT molecular complexity index is 951. The molecule has 0 radical (unpaired) electrons. The van der Waals surface area contributed by atoms with E-state index in [0.29, 0.717) is 0 Å². The summed E-state index contributed by atoms with van der Waals surface area (Å²) in [4.78, 5) is 12.2. The highest BCUT2D eigenvalue weighted by Crippen LogP contribution is 2.29. The first-order chi connectivity index (χ1) is 12.3. The van der Waals surface area contributed by atoms with Gasteiger partial charge in [0, 0.05) is 6.54 Å². The van der Waals surface area contributed by atoms with Crippen molar-refractivity contribution in [1.29, 1.82) is 5.26 Å². The Hall–Kier alpha value is -2.11. The second-order valence-corrected chi connectivity index (χ2v) is 7.97. The van der Waals surface area contributed by atoms with Crippen molar-refractivity contribution in [2.24, 2.45) is 0 Å². The molecular formula is C17H15Cl2N3O3S. The van der Waals surface area contributed by atoms with Crippen LogP contribution in [0.4, 0.5) is 5.69 Å². The summed E-state index contributed by atoms with van der Waals surface area (Å²) < 4.78 is 26.5. The lowest BCUT2D eigenvalue weighted by molar-refractivity contribution is -0.116. The van der Waals surface area contributed by atoms with Crippen LogP contribution in [0.1, 0.15) is 12.5 Å². The fourth-order valence-corrected chi connectivity index (χ4v) is 4.14. The molecule has 136 valence electrons. The van der Waals surface area contributed by atoms with Crippen LogP contribution in [-0.2, 0) is 14.8 Å². The fraction of sp³-hybridized carbons (Fsp3) is 0.176. The molecule has 2 rings (SSSR count). The highest BCUT2D eigenvalue weighted by molar-refractivity contribution is 7.89. The van der Waals surface area contributed by atoms with Crippen LogP contribution in [0.2, 0.25) is 10.0 Å². The van der Waals surface area contributed by atoms with E-state index in [1.165, 1.54) is 24.3 Å². The summed E-state index contributed by atoms with van der Waals surface area (Å²) in [5.41, 5.74) is 0.440. The maximum atomic E-state index is 12.7.